The Morgan fingerprint density at radius 3 is 2.83 bits per heavy atom. The lowest BCUT2D eigenvalue weighted by Gasteiger charge is -2.09. The van der Waals surface area contributed by atoms with E-state index in [1.54, 1.807) is 22.4 Å². The third-order valence-corrected chi connectivity index (χ3v) is 5.32. The summed E-state index contributed by atoms with van der Waals surface area (Å²) in [6, 6.07) is 14.1. The molecule has 6 heteroatoms. The zero-order valence-corrected chi connectivity index (χ0v) is 16.4. The number of hydrogen-bond donors (Lipinski definition) is 1. The number of nitrogens with zero attached hydrogens (tertiary/aromatic N) is 4. The van der Waals surface area contributed by atoms with Crippen molar-refractivity contribution >= 4 is 5.82 Å². The van der Waals surface area contributed by atoms with Crippen LogP contribution < -0.4 is 11.0 Å². The van der Waals surface area contributed by atoms with E-state index >= 15 is 0 Å². The van der Waals surface area contributed by atoms with Crippen molar-refractivity contribution in [1.29, 1.82) is 0 Å². The Balaban J connectivity index is 1.64. The number of hydrogen-bond acceptors (Lipinski definition) is 4. The van der Waals surface area contributed by atoms with Gasteiger partial charge in [0.25, 0.3) is 0 Å². The Kier molecular flexibility index (Phi) is 4.05. The number of imidazole rings is 1. The Bertz CT molecular complexity index is 1280. The van der Waals surface area contributed by atoms with Crippen molar-refractivity contribution in [2.75, 3.05) is 11.9 Å². The average molecular weight is 383 g/mol. The number of nitrogens with one attached hydrogen (secondary N) is 1. The van der Waals surface area contributed by atoms with Gasteiger partial charge in [0.15, 0.2) is 0 Å². The summed E-state index contributed by atoms with van der Waals surface area (Å²) in [6.45, 7) is 2.95. The van der Waals surface area contributed by atoms with Crippen molar-refractivity contribution in [3.05, 3.63) is 82.7 Å². The minimum Gasteiger partial charge on any atom is -0.370 e. The number of aryl methyl sites for hydroxylation is 2. The van der Waals surface area contributed by atoms with Crippen molar-refractivity contribution in [1.82, 2.24) is 19.1 Å². The quantitative estimate of drug-likeness (QED) is 0.587. The highest BCUT2D eigenvalue weighted by atomic mass is 16.1. The predicted octanol–water partition coefficient (Wildman–Crippen LogP) is 3.58. The van der Waals surface area contributed by atoms with E-state index in [4.69, 9.17) is 0 Å². The molecule has 1 aliphatic heterocycles. The first-order valence-electron chi connectivity index (χ1n) is 9.65. The van der Waals surface area contributed by atoms with Crippen molar-refractivity contribution in [2.45, 2.75) is 13.3 Å². The van der Waals surface area contributed by atoms with Crippen LogP contribution >= 0.6 is 0 Å². The zero-order valence-electron chi connectivity index (χ0n) is 16.4. The van der Waals surface area contributed by atoms with E-state index < -0.39 is 0 Å². The van der Waals surface area contributed by atoms with Crippen LogP contribution in [-0.2, 0) is 13.5 Å². The molecule has 0 radical (unpaired) electrons. The molecule has 0 saturated heterocycles. The highest BCUT2D eigenvalue weighted by molar-refractivity contribution is 5.71. The van der Waals surface area contributed by atoms with Gasteiger partial charge in [-0.25, -0.2) is 9.78 Å². The molecule has 1 aromatic carbocycles. The van der Waals surface area contributed by atoms with Crippen LogP contribution in [0.5, 0.6) is 0 Å². The van der Waals surface area contributed by atoms with E-state index in [1.165, 1.54) is 5.56 Å². The van der Waals surface area contributed by atoms with E-state index in [-0.39, 0.29) is 5.69 Å². The van der Waals surface area contributed by atoms with Crippen molar-refractivity contribution in [2.24, 2.45) is 7.05 Å². The molecule has 0 unspecified atom stereocenters. The Labute approximate surface area is 168 Å². The van der Waals surface area contributed by atoms with Gasteiger partial charge in [-0.1, -0.05) is 12.1 Å². The number of aromatic nitrogens is 4. The molecule has 1 aliphatic rings. The first kappa shape index (κ1) is 17.4. The first-order chi connectivity index (χ1) is 14.1. The maximum Gasteiger partial charge on any atom is 0.333 e. The molecule has 0 aliphatic carbocycles. The molecule has 0 spiro atoms. The van der Waals surface area contributed by atoms with Crippen LogP contribution in [0.4, 0.5) is 5.82 Å². The lowest BCUT2D eigenvalue weighted by molar-refractivity contribution is 0.824. The second-order valence-electron chi connectivity index (χ2n) is 7.42. The fourth-order valence-electron chi connectivity index (χ4n) is 3.84. The van der Waals surface area contributed by atoms with Gasteiger partial charge in [0.05, 0.1) is 17.1 Å². The molecular formula is C23H21N5O. The molecule has 144 valence electrons. The Hall–Kier alpha value is -3.67. The Morgan fingerprint density at radius 2 is 1.97 bits per heavy atom. The van der Waals surface area contributed by atoms with Gasteiger partial charge in [-0.15, -0.1) is 0 Å². The fraction of sp³-hybridized carbons (Fsp3) is 0.174. The van der Waals surface area contributed by atoms with E-state index in [9.17, 15) is 4.79 Å². The predicted molar refractivity (Wildman–Crippen MR) is 114 cm³/mol. The van der Waals surface area contributed by atoms with Gasteiger partial charge in [0.1, 0.15) is 5.82 Å². The highest BCUT2D eigenvalue weighted by Gasteiger charge is 2.16. The molecular weight excluding hydrogens is 362 g/mol. The summed E-state index contributed by atoms with van der Waals surface area (Å²) >= 11 is 0. The molecule has 0 bridgehead atoms. The number of benzene rings is 1. The van der Waals surface area contributed by atoms with E-state index in [2.05, 4.69) is 21.4 Å². The van der Waals surface area contributed by atoms with Crippen molar-refractivity contribution < 1.29 is 0 Å². The minimum atomic E-state index is -0.0944. The van der Waals surface area contributed by atoms with Crippen molar-refractivity contribution in [3.8, 4) is 28.2 Å². The van der Waals surface area contributed by atoms with Gasteiger partial charge >= 0.3 is 5.69 Å². The van der Waals surface area contributed by atoms with Gasteiger partial charge in [0.2, 0.25) is 0 Å². The molecule has 6 nitrogen and oxygen atoms in total. The minimum absolute atomic E-state index is 0.0944. The molecule has 0 saturated carbocycles. The zero-order chi connectivity index (χ0) is 20.0. The number of pyridine rings is 2. The summed E-state index contributed by atoms with van der Waals surface area (Å²) < 4.78 is 3.30. The summed E-state index contributed by atoms with van der Waals surface area (Å²) in [7, 11) is 1.76. The molecule has 1 N–H and O–H groups in total. The van der Waals surface area contributed by atoms with Gasteiger partial charge in [-0.05, 0) is 60.4 Å². The number of fused-ring (bicyclic) bond motifs is 1. The van der Waals surface area contributed by atoms with E-state index in [0.717, 1.165) is 52.5 Å². The van der Waals surface area contributed by atoms with Gasteiger partial charge in [-0.3, -0.25) is 9.55 Å². The summed E-state index contributed by atoms with van der Waals surface area (Å²) in [4.78, 5) is 21.9. The summed E-state index contributed by atoms with van der Waals surface area (Å²) in [5.41, 5.74) is 6.67. The van der Waals surface area contributed by atoms with Crippen LogP contribution in [0, 0.1) is 6.92 Å². The second kappa shape index (κ2) is 6.74. The van der Waals surface area contributed by atoms with E-state index in [0.29, 0.717) is 0 Å². The Morgan fingerprint density at radius 1 is 1.07 bits per heavy atom. The SMILES string of the molecule is Cc1cccc(-n2c(-c3cc(-c4cnc5c(c4)CCN5)ccn3)cn(C)c2=O)c1. The molecule has 4 heterocycles. The molecule has 5 rings (SSSR count). The van der Waals surface area contributed by atoms with E-state index in [1.807, 2.05) is 55.7 Å². The van der Waals surface area contributed by atoms with Crippen LogP contribution in [0.1, 0.15) is 11.1 Å². The maximum atomic E-state index is 12.8. The standard InChI is InChI=1S/C23H21N5O/c1-15-4-3-5-19(10-15)28-21(14-27(2)23(28)29)20-12-16(6-8-24-20)18-11-17-7-9-25-22(17)26-13-18/h3-6,8,10-14H,7,9H2,1-2H3,(H,25,26). The summed E-state index contributed by atoms with van der Waals surface area (Å²) in [5, 5.41) is 3.29. The first-order valence-corrected chi connectivity index (χ1v) is 9.65. The van der Waals surface area contributed by atoms with Crippen LogP contribution in [0.25, 0.3) is 28.2 Å². The molecule has 0 fully saturated rings. The third kappa shape index (κ3) is 3.02. The van der Waals surface area contributed by atoms with Crippen LogP contribution in [0.3, 0.4) is 0 Å². The highest BCUT2D eigenvalue weighted by Crippen LogP contribution is 2.29. The normalized spacial score (nSPS) is 12.6. The monoisotopic (exact) mass is 383 g/mol. The lowest BCUT2D eigenvalue weighted by atomic mass is 10.0. The molecule has 29 heavy (non-hydrogen) atoms. The largest absolute Gasteiger partial charge is 0.370 e. The van der Waals surface area contributed by atoms with Gasteiger partial charge in [0, 0.05) is 37.7 Å². The molecule has 3 aromatic heterocycles. The van der Waals surface area contributed by atoms with Crippen LogP contribution in [0.2, 0.25) is 0 Å². The molecule has 0 atom stereocenters. The van der Waals surface area contributed by atoms with Gasteiger partial charge < -0.3 is 9.88 Å². The topological polar surface area (TPSA) is 64.7 Å². The third-order valence-electron chi connectivity index (χ3n) is 5.32. The maximum absolute atomic E-state index is 12.8. The molecule has 4 aromatic rings. The smallest absolute Gasteiger partial charge is 0.333 e. The van der Waals surface area contributed by atoms with Crippen LogP contribution in [0.15, 0.2) is 65.8 Å². The fourth-order valence-corrected chi connectivity index (χ4v) is 3.84. The average Bonchev–Trinajstić information content (AvgIpc) is 3.32. The number of rotatable bonds is 3. The summed E-state index contributed by atoms with van der Waals surface area (Å²) in [5.74, 6) is 0.972. The van der Waals surface area contributed by atoms with Gasteiger partial charge in [-0.2, -0.15) is 0 Å². The second-order valence-corrected chi connectivity index (χ2v) is 7.42. The van der Waals surface area contributed by atoms with Crippen LogP contribution in [-0.4, -0.2) is 25.6 Å². The molecule has 0 amide bonds. The van der Waals surface area contributed by atoms with Crippen molar-refractivity contribution in [3.63, 3.8) is 0 Å². The lowest BCUT2D eigenvalue weighted by Crippen LogP contribution is -2.21. The number of anilines is 1. The summed E-state index contributed by atoms with van der Waals surface area (Å²) in [6.07, 6.45) is 6.49.